The Balaban J connectivity index is 1.33. The van der Waals surface area contributed by atoms with Crippen molar-refractivity contribution in [3.05, 3.63) is 138 Å². The van der Waals surface area contributed by atoms with Gasteiger partial charge >= 0.3 is 18.2 Å². The zero-order valence-corrected chi connectivity index (χ0v) is 31.7. The molecule has 56 heavy (non-hydrogen) atoms. The van der Waals surface area contributed by atoms with Crippen LogP contribution in [0.25, 0.3) is 0 Å². The molecule has 0 fully saturated rings. The van der Waals surface area contributed by atoms with Crippen molar-refractivity contribution in [3.63, 3.8) is 0 Å². The highest BCUT2D eigenvalue weighted by molar-refractivity contribution is 5.93. The van der Waals surface area contributed by atoms with Crippen LogP contribution < -0.4 is 31.3 Å². The molecule has 0 aliphatic rings. The Bertz CT molecular complexity index is 1920. The van der Waals surface area contributed by atoms with Crippen LogP contribution in [0.2, 0.25) is 0 Å². The summed E-state index contributed by atoms with van der Waals surface area (Å²) in [5, 5.41) is 13.0. The number of carbonyl (C=O) groups excluding carboxylic acids is 6. The first-order valence-corrected chi connectivity index (χ1v) is 18.0. The lowest BCUT2D eigenvalue weighted by Crippen LogP contribution is -2.55. The fourth-order valence-corrected chi connectivity index (χ4v) is 5.17. The molecule has 0 bridgehead atoms. The van der Waals surface area contributed by atoms with Crippen molar-refractivity contribution in [2.24, 2.45) is 0 Å². The summed E-state index contributed by atoms with van der Waals surface area (Å²) in [6.07, 6.45) is -2.22. The van der Waals surface area contributed by atoms with E-state index in [1.807, 2.05) is 60.7 Å². The maximum atomic E-state index is 13.5. The summed E-state index contributed by atoms with van der Waals surface area (Å²) >= 11 is 0. The fourth-order valence-electron chi connectivity index (χ4n) is 5.17. The standard InChI is InChI=1S/C42H47N5O9/c1-28(37(49)43-26-36(48)46-35(25-29-14-8-5-9-15-29)47-40(52)54-27-31-16-10-6-11-17-31)44-38(50)34(45-41(53)56-42(2,3)4)24-30-20-22-33(23-21-30)55-39(51)32-18-12-7-13-19-32/h5-23,28,34-35H,24-27H2,1-4H3,(H,43,49)(H,44,50)(H,45,53)(H,46,48)(H,47,52)/t28-,34+,35-/m0/s1. The maximum Gasteiger partial charge on any atom is 0.409 e. The number of amides is 5. The van der Waals surface area contributed by atoms with Crippen molar-refractivity contribution in [2.45, 2.75) is 71.0 Å². The third kappa shape index (κ3) is 15.0. The zero-order chi connectivity index (χ0) is 40.5. The van der Waals surface area contributed by atoms with Crippen LogP contribution in [0.4, 0.5) is 9.59 Å². The van der Waals surface area contributed by atoms with Crippen LogP contribution in [0.5, 0.6) is 5.75 Å². The van der Waals surface area contributed by atoms with Gasteiger partial charge in [0, 0.05) is 12.8 Å². The van der Waals surface area contributed by atoms with Gasteiger partial charge in [0.1, 0.15) is 36.2 Å². The molecule has 0 aliphatic carbocycles. The van der Waals surface area contributed by atoms with Crippen LogP contribution in [-0.2, 0) is 43.3 Å². The van der Waals surface area contributed by atoms with E-state index < -0.39 is 66.3 Å². The highest BCUT2D eigenvalue weighted by Crippen LogP contribution is 2.16. The van der Waals surface area contributed by atoms with E-state index >= 15 is 0 Å². The Labute approximate surface area is 325 Å². The van der Waals surface area contributed by atoms with Crippen molar-refractivity contribution in [1.29, 1.82) is 0 Å². The summed E-state index contributed by atoms with van der Waals surface area (Å²) in [5.41, 5.74) is 1.77. The highest BCUT2D eigenvalue weighted by atomic mass is 16.6. The van der Waals surface area contributed by atoms with Crippen LogP contribution >= 0.6 is 0 Å². The summed E-state index contributed by atoms with van der Waals surface area (Å²) < 4.78 is 16.1. The molecular weight excluding hydrogens is 718 g/mol. The Kier molecular flexibility index (Phi) is 15.5. The minimum absolute atomic E-state index is 0.00167. The van der Waals surface area contributed by atoms with Crippen molar-refractivity contribution in [1.82, 2.24) is 26.6 Å². The Morgan fingerprint density at radius 3 is 1.79 bits per heavy atom. The Morgan fingerprint density at radius 2 is 1.18 bits per heavy atom. The minimum Gasteiger partial charge on any atom is -0.445 e. The van der Waals surface area contributed by atoms with Crippen LogP contribution in [-0.4, -0.2) is 66.3 Å². The SMILES string of the molecule is C[C@H](NC(=O)[C@@H](Cc1ccc(OC(=O)c2ccccc2)cc1)NC(=O)OC(C)(C)C)C(=O)NCC(=O)N[C@H](Cc1ccccc1)NC(=O)OCc1ccccc1. The van der Waals surface area contributed by atoms with E-state index in [0.717, 1.165) is 11.1 Å². The molecule has 0 heterocycles. The van der Waals surface area contributed by atoms with Crippen LogP contribution in [0, 0.1) is 0 Å². The molecule has 0 unspecified atom stereocenters. The second-order valence-electron chi connectivity index (χ2n) is 13.8. The third-order valence-electron chi connectivity index (χ3n) is 7.89. The molecule has 5 amide bonds. The number of alkyl carbamates (subject to hydrolysis) is 2. The molecular formula is C42H47N5O9. The number of ether oxygens (including phenoxy) is 3. The topological polar surface area (TPSA) is 190 Å². The first-order valence-electron chi connectivity index (χ1n) is 18.0. The van der Waals surface area contributed by atoms with E-state index in [1.54, 1.807) is 75.4 Å². The van der Waals surface area contributed by atoms with E-state index in [0.29, 0.717) is 11.1 Å². The number of benzene rings is 4. The molecule has 14 nitrogen and oxygen atoms in total. The monoisotopic (exact) mass is 765 g/mol. The molecule has 0 aliphatic heterocycles. The van der Waals surface area contributed by atoms with Crippen LogP contribution in [0.1, 0.15) is 54.7 Å². The van der Waals surface area contributed by atoms with Gasteiger partial charge in [0.05, 0.1) is 12.1 Å². The first kappa shape index (κ1) is 42.0. The van der Waals surface area contributed by atoms with Gasteiger partial charge < -0.3 is 40.8 Å². The minimum atomic E-state index is -1.17. The largest absolute Gasteiger partial charge is 0.445 e. The number of carbonyl (C=O) groups is 6. The van der Waals surface area contributed by atoms with Gasteiger partial charge in [-0.2, -0.15) is 0 Å². The molecule has 4 rings (SSSR count). The van der Waals surface area contributed by atoms with Crippen molar-refractivity contribution >= 4 is 35.9 Å². The van der Waals surface area contributed by atoms with Gasteiger partial charge in [0.25, 0.3) is 0 Å². The number of nitrogens with one attached hydrogen (secondary N) is 5. The number of hydrogen-bond acceptors (Lipinski definition) is 9. The van der Waals surface area contributed by atoms with Gasteiger partial charge in [-0.15, -0.1) is 0 Å². The lowest BCUT2D eigenvalue weighted by atomic mass is 10.0. The van der Waals surface area contributed by atoms with E-state index in [1.165, 1.54) is 6.92 Å². The highest BCUT2D eigenvalue weighted by Gasteiger charge is 2.28. The molecule has 0 radical (unpaired) electrons. The number of hydrogen-bond donors (Lipinski definition) is 5. The van der Waals surface area contributed by atoms with Gasteiger partial charge in [-0.05, 0) is 68.7 Å². The van der Waals surface area contributed by atoms with E-state index in [4.69, 9.17) is 14.2 Å². The fraction of sp³-hybridized carbons (Fsp3) is 0.286. The first-order chi connectivity index (χ1) is 26.7. The lowest BCUT2D eigenvalue weighted by Gasteiger charge is -2.24. The summed E-state index contributed by atoms with van der Waals surface area (Å²) in [7, 11) is 0. The lowest BCUT2D eigenvalue weighted by molar-refractivity contribution is -0.130. The molecule has 3 atom stereocenters. The van der Waals surface area contributed by atoms with Crippen molar-refractivity contribution in [3.8, 4) is 5.75 Å². The smallest absolute Gasteiger partial charge is 0.409 e. The molecule has 14 heteroatoms. The van der Waals surface area contributed by atoms with E-state index in [9.17, 15) is 28.8 Å². The normalized spacial score (nSPS) is 12.4. The average molecular weight is 766 g/mol. The molecule has 4 aromatic rings. The predicted octanol–water partition coefficient (Wildman–Crippen LogP) is 4.57. The van der Waals surface area contributed by atoms with Gasteiger partial charge in [-0.1, -0.05) is 91.0 Å². The zero-order valence-electron chi connectivity index (χ0n) is 31.7. The Morgan fingerprint density at radius 1 is 0.607 bits per heavy atom. The quantitative estimate of drug-likeness (QED) is 0.0618. The second-order valence-corrected chi connectivity index (χ2v) is 13.8. The molecule has 5 N–H and O–H groups in total. The third-order valence-corrected chi connectivity index (χ3v) is 7.89. The van der Waals surface area contributed by atoms with Gasteiger partial charge in [-0.3, -0.25) is 14.4 Å². The van der Waals surface area contributed by atoms with Gasteiger partial charge in [0.15, 0.2) is 0 Å². The number of rotatable bonds is 16. The maximum absolute atomic E-state index is 13.5. The predicted molar refractivity (Wildman–Crippen MR) is 207 cm³/mol. The molecule has 4 aromatic carbocycles. The molecule has 0 saturated heterocycles. The summed E-state index contributed by atoms with van der Waals surface area (Å²) in [5.74, 6) is -2.23. The van der Waals surface area contributed by atoms with Gasteiger partial charge in [0.2, 0.25) is 17.7 Å². The molecule has 294 valence electrons. The Hall–Kier alpha value is -6.70. The van der Waals surface area contributed by atoms with Crippen molar-refractivity contribution < 1.29 is 43.0 Å². The second kappa shape index (κ2) is 20.7. The van der Waals surface area contributed by atoms with E-state index in [2.05, 4.69) is 26.6 Å². The molecule has 0 saturated carbocycles. The van der Waals surface area contributed by atoms with E-state index in [-0.39, 0.29) is 25.2 Å². The van der Waals surface area contributed by atoms with Crippen LogP contribution in [0.3, 0.4) is 0 Å². The summed E-state index contributed by atoms with van der Waals surface area (Å²) in [6, 6.07) is 30.9. The molecule has 0 spiro atoms. The average Bonchev–Trinajstić information content (AvgIpc) is 3.17. The number of esters is 1. The summed E-state index contributed by atoms with van der Waals surface area (Å²) in [6.45, 7) is 6.02. The molecule has 0 aromatic heterocycles. The van der Waals surface area contributed by atoms with Crippen molar-refractivity contribution in [2.75, 3.05) is 6.54 Å². The van der Waals surface area contributed by atoms with Crippen LogP contribution in [0.15, 0.2) is 115 Å². The van der Waals surface area contributed by atoms with Gasteiger partial charge in [-0.25, -0.2) is 14.4 Å². The summed E-state index contributed by atoms with van der Waals surface area (Å²) in [4.78, 5) is 77.2.